The van der Waals surface area contributed by atoms with E-state index in [0.29, 0.717) is 24.3 Å². The van der Waals surface area contributed by atoms with Crippen LogP contribution >= 0.6 is 27.7 Å². The first kappa shape index (κ1) is 27.9. The molecule has 190 valence electrons. The largest absolute Gasteiger partial charge is 0.352 e. The van der Waals surface area contributed by atoms with Crippen molar-refractivity contribution in [3.8, 4) is 0 Å². The fourth-order valence-corrected chi connectivity index (χ4v) is 4.89. The Balaban J connectivity index is 1.85. The van der Waals surface area contributed by atoms with E-state index in [9.17, 15) is 14.0 Å². The molecule has 0 aliphatic heterocycles. The first-order chi connectivity index (χ1) is 17.4. The molecule has 0 bridgehead atoms. The minimum absolute atomic E-state index is 0.00385. The summed E-state index contributed by atoms with van der Waals surface area (Å²) in [5, 5.41) is 3.07. The fraction of sp³-hybridized carbons (Fsp3) is 0.310. The second kappa shape index (κ2) is 14.2. The van der Waals surface area contributed by atoms with E-state index < -0.39 is 6.04 Å². The predicted octanol–water partition coefficient (Wildman–Crippen LogP) is 6.38. The SMILES string of the molecule is CC[C@@H](C)NC(=O)[C@@H](Cc1ccccc1)N(Cc1ccc(Br)cc1)C(=O)CSCc1ccccc1F. The minimum Gasteiger partial charge on any atom is -0.352 e. The summed E-state index contributed by atoms with van der Waals surface area (Å²) >= 11 is 4.81. The predicted molar refractivity (Wildman–Crippen MR) is 149 cm³/mol. The summed E-state index contributed by atoms with van der Waals surface area (Å²) < 4.78 is 15.0. The van der Waals surface area contributed by atoms with Gasteiger partial charge in [-0.1, -0.05) is 83.5 Å². The molecule has 3 rings (SSSR count). The Morgan fingerprint density at radius 3 is 2.31 bits per heavy atom. The maximum absolute atomic E-state index is 14.1. The summed E-state index contributed by atoms with van der Waals surface area (Å²) in [5.74, 6) is -0.0731. The number of nitrogens with one attached hydrogen (secondary N) is 1. The number of hydrogen-bond donors (Lipinski definition) is 1. The van der Waals surface area contributed by atoms with Gasteiger partial charge in [0, 0.05) is 29.2 Å². The van der Waals surface area contributed by atoms with Crippen molar-refractivity contribution in [1.29, 1.82) is 0 Å². The van der Waals surface area contributed by atoms with Gasteiger partial charge in [0.15, 0.2) is 0 Å². The number of hydrogen-bond acceptors (Lipinski definition) is 3. The Hall–Kier alpha value is -2.64. The zero-order valence-electron chi connectivity index (χ0n) is 20.6. The van der Waals surface area contributed by atoms with Crippen molar-refractivity contribution in [1.82, 2.24) is 10.2 Å². The number of carbonyl (C=O) groups is 2. The molecule has 3 aromatic carbocycles. The zero-order chi connectivity index (χ0) is 25.9. The molecular formula is C29H32BrFN2O2S. The van der Waals surface area contributed by atoms with E-state index in [1.54, 1.807) is 23.1 Å². The standard InChI is InChI=1S/C29H32BrFN2O2S/c1-3-21(2)32-29(35)27(17-22-9-5-4-6-10-22)33(18-23-13-15-25(30)16-14-23)28(34)20-36-19-24-11-7-8-12-26(24)31/h4-16,21,27H,3,17-20H2,1-2H3,(H,32,35)/t21-,27-/m1/s1. The van der Waals surface area contributed by atoms with Gasteiger partial charge in [-0.05, 0) is 48.2 Å². The number of nitrogens with zero attached hydrogens (tertiary/aromatic N) is 1. The molecule has 0 aliphatic rings. The van der Waals surface area contributed by atoms with Gasteiger partial charge in [-0.15, -0.1) is 11.8 Å². The van der Waals surface area contributed by atoms with Gasteiger partial charge in [-0.25, -0.2) is 4.39 Å². The number of halogens is 2. The second-order valence-electron chi connectivity index (χ2n) is 8.76. The maximum Gasteiger partial charge on any atom is 0.243 e. The van der Waals surface area contributed by atoms with Crippen LogP contribution in [0.25, 0.3) is 0 Å². The quantitative estimate of drug-likeness (QED) is 0.275. The smallest absolute Gasteiger partial charge is 0.243 e. The lowest BCUT2D eigenvalue weighted by molar-refractivity contribution is -0.139. The van der Waals surface area contributed by atoms with Crippen LogP contribution in [0.2, 0.25) is 0 Å². The molecule has 1 N–H and O–H groups in total. The van der Waals surface area contributed by atoms with Crippen LogP contribution < -0.4 is 5.32 Å². The third kappa shape index (κ3) is 8.49. The van der Waals surface area contributed by atoms with E-state index in [1.165, 1.54) is 17.8 Å². The highest BCUT2D eigenvalue weighted by Crippen LogP contribution is 2.20. The average molecular weight is 572 g/mol. The normalized spacial score (nSPS) is 12.6. The van der Waals surface area contributed by atoms with Crippen LogP contribution in [0.1, 0.15) is 37.0 Å². The summed E-state index contributed by atoms with van der Waals surface area (Å²) in [4.78, 5) is 28.8. The molecule has 0 radical (unpaired) electrons. The maximum atomic E-state index is 14.1. The highest BCUT2D eigenvalue weighted by molar-refractivity contribution is 9.10. The topological polar surface area (TPSA) is 49.4 Å². The van der Waals surface area contributed by atoms with E-state index >= 15 is 0 Å². The molecule has 7 heteroatoms. The van der Waals surface area contributed by atoms with Gasteiger partial charge >= 0.3 is 0 Å². The highest BCUT2D eigenvalue weighted by atomic mass is 79.9. The zero-order valence-corrected chi connectivity index (χ0v) is 23.0. The molecule has 0 fully saturated rings. The molecular weight excluding hydrogens is 539 g/mol. The molecule has 2 atom stereocenters. The van der Waals surface area contributed by atoms with Crippen molar-refractivity contribution in [3.63, 3.8) is 0 Å². The summed E-state index contributed by atoms with van der Waals surface area (Å²) in [6, 6.07) is 23.4. The van der Waals surface area contributed by atoms with E-state index in [2.05, 4.69) is 21.2 Å². The Morgan fingerprint density at radius 1 is 0.972 bits per heavy atom. The van der Waals surface area contributed by atoms with Crippen molar-refractivity contribution in [3.05, 3.63) is 106 Å². The molecule has 0 heterocycles. The van der Waals surface area contributed by atoms with Crippen LogP contribution in [-0.2, 0) is 28.3 Å². The second-order valence-corrected chi connectivity index (χ2v) is 10.7. The lowest BCUT2D eigenvalue weighted by Crippen LogP contribution is -2.52. The van der Waals surface area contributed by atoms with Gasteiger partial charge < -0.3 is 10.2 Å². The number of rotatable bonds is 12. The van der Waals surface area contributed by atoms with Crippen molar-refractivity contribution in [2.75, 3.05) is 5.75 Å². The highest BCUT2D eigenvalue weighted by Gasteiger charge is 2.30. The molecule has 0 saturated heterocycles. The fourth-order valence-electron chi connectivity index (χ4n) is 3.73. The van der Waals surface area contributed by atoms with Crippen LogP contribution in [0.5, 0.6) is 0 Å². The van der Waals surface area contributed by atoms with Gasteiger partial charge in [0.25, 0.3) is 0 Å². The monoisotopic (exact) mass is 570 g/mol. The Bertz CT molecular complexity index is 1130. The van der Waals surface area contributed by atoms with Gasteiger partial charge in [-0.2, -0.15) is 0 Å². The van der Waals surface area contributed by atoms with E-state index in [0.717, 1.165) is 22.0 Å². The number of amides is 2. The van der Waals surface area contributed by atoms with Crippen LogP contribution in [0.4, 0.5) is 4.39 Å². The van der Waals surface area contributed by atoms with Gasteiger partial charge in [0.1, 0.15) is 11.9 Å². The van der Waals surface area contributed by atoms with Crippen molar-refractivity contribution in [2.45, 2.75) is 51.1 Å². The van der Waals surface area contributed by atoms with Crippen LogP contribution in [-0.4, -0.2) is 34.6 Å². The van der Waals surface area contributed by atoms with E-state index in [1.807, 2.05) is 68.4 Å². The molecule has 36 heavy (non-hydrogen) atoms. The van der Waals surface area contributed by atoms with Gasteiger partial charge in [0.2, 0.25) is 11.8 Å². The van der Waals surface area contributed by atoms with Gasteiger partial charge in [-0.3, -0.25) is 9.59 Å². The Labute approximate surface area is 225 Å². The summed E-state index contributed by atoms with van der Waals surface area (Å²) in [7, 11) is 0. The molecule has 0 saturated carbocycles. The number of thioether (sulfide) groups is 1. The molecule has 0 spiro atoms. The number of carbonyl (C=O) groups excluding carboxylic acids is 2. The third-order valence-electron chi connectivity index (χ3n) is 5.98. The lowest BCUT2D eigenvalue weighted by atomic mass is 10.0. The summed E-state index contributed by atoms with van der Waals surface area (Å²) in [6.07, 6.45) is 1.20. The van der Waals surface area contributed by atoms with E-state index in [-0.39, 0.29) is 29.4 Å². The van der Waals surface area contributed by atoms with Crippen molar-refractivity contribution >= 4 is 39.5 Å². The Kier molecular flexibility index (Phi) is 11.0. The molecule has 0 unspecified atom stereocenters. The molecule has 3 aromatic rings. The molecule has 2 amide bonds. The first-order valence-electron chi connectivity index (χ1n) is 12.1. The van der Waals surface area contributed by atoms with Crippen LogP contribution in [0.15, 0.2) is 83.3 Å². The summed E-state index contributed by atoms with van der Waals surface area (Å²) in [6.45, 7) is 4.28. The molecule has 0 aromatic heterocycles. The van der Waals surface area contributed by atoms with Crippen LogP contribution in [0, 0.1) is 5.82 Å². The van der Waals surface area contributed by atoms with Crippen molar-refractivity contribution in [2.24, 2.45) is 0 Å². The number of benzene rings is 3. The summed E-state index contributed by atoms with van der Waals surface area (Å²) in [5.41, 5.74) is 2.47. The van der Waals surface area contributed by atoms with Crippen LogP contribution in [0.3, 0.4) is 0 Å². The van der Waals surface area contributed by atoms with E-state index in [4.69, 9.17) is 0 Å². The minimum atomic E-state index is -0.674. The molecule has 0 aliphatic carbocycles. The average Bonchev–Trinajstić information content (AvgIpc) is 2.88. The molecule has 4 nitrogen and oxygen atoms in total. The lowest BCUT2D eigenvalue weighted by Gasteiger charge is -2.32. The van der Waals surface area contributed by atoms with Gasteiger partial charge in [0.05, 0.1) is 5.75 Å². The third-order valence-corrected chi connectivity index (χ3v) is 7.47. The van der Waals surface area contributed by atoms with Crippen molar-refractivity contribution < 1.29 is 14.0 Å². The first-order valence-corrected chi connectivity index (χ1v) is 14.0. The Morgan fingerprint density at radius 2 is 1.64 bits per heavy atom.